The summed E-state index contributed by atoms with van der Waals surface area (Å²) in [6, 6.07) is 4.49. The number of ether oxygens (including phenoxy) is 2. The molecule has 13 nitrogen and oxygen atoms in total. The number of benzene rings is 1. The Balaban J connectivity index is 0.000000802. The Bertz CT molecular complexity index is 911. The zero-order valence-corrected chi connectivity index (χ0v) is 20.7. The molecule has 0 aliphatic heterocycles. The van der Waals surface area contributed by atoms with E-state index in [1.165, 1.54) is 12.1 Å². The molecule has 36 heavy (non-hydrogen) atoms. The molecule has 0 fully saturated rings. The van der Waals surface area contributed by atoms with Gasteiger partial charge in [0.15, 0.2) is 5.60 Å². The standard InChI is InChI=1S/C17H26N2O4.C6H8O7/c1-5-19(6-2)9-10-22-16(20)15-11-13(18)7-8-14(15)17(21)23-12(3)4;7-3(8)1-6(13,5(11)12)2-4(9)10/h7-8,11-12H,5-6,9-10,18H2,1-4H3;13H,1-2H2,(H,7,8)(H,9,10)(H,11,12). The van der Waals surface area contributed by atoms with Gasteiger partial charge in [0.05, 0.1) is 30.1 Å². The highest BCUT2D eigenvalue weighted by Crippen LogP contribution is 2.17. The third-order valence-electron chi connectivity index (χ3n) is 4.65. The van der Waals surface area contributed by atoms with Gasteiger partial charge in [-0.2, -0.15) is 0 Å². The van der Waals surface area contributed by atoms with E-state index in [0.717, 1.165) is 13.1 Å². The normalized spacial score (nSPS) is 10.9. The van der Waals surface area contributed by atoms with E-state index in [1.54, 1.807) is 19.9 Å². The zero-order chi connectivity index (χ0) is 28.1. The molecule has 1 rings (SSSR count). The number of hydrogen-bond acceptors (Lipinski definition) is 10. The summed E-state index contributed by atoms with van der Waals surface area (Å²) in [5.74, 6) is -6.15. The summed E-state index contributed by atoms with van der Waals surface area (Å²) in [7, 11) is 0. The van der Waals surface area contributed by atoms with E-state index >= 15 is 0 Å². The number of nitrogens with zero attached hydrogens (tertiary/aromatic N) is 1. The molecular formula is C23H34N2O11. The van der Waals surface area contributed by atoms with Crippen LogP contribution in [0, 0.1) is 0 Å². The van der Waals surface area contributed by atoms with Crippen LogP contribution in [-0.4, -0.2) is 93.1 Å². The number of carbonyl (C=O) groups excluding carboxylic acids is 2. The molecule has 0 aliphatic carbocycles. The molecule has 13 heteroatoms. The SMILES string of the molecule is CCN(CC)CCOC(=O)c1cc(N)ccc1C(=O)OC(C)C.O=C(O)CC(O)(CC(=O)O)C(=O)O. The van der Waals surface area contributed by atoms with Crippen molar-refractivity contribution in [2.45, 2.75) is 52.2 Å². The number of anilines is 1. The molecule has 6 N–H and O–H groups in total. The van der Waals surface area contributed by atoms with Crippen LogP contribution >= 0.6 is 0 Å². The van der Waals surface area contributed by atoms with Gasteiger partial charge in [0.2, 0.25) is 0 Å². The molecule has 0 unspecified atom stereocenters. The number of nitrogen functional groups attached to an aromatic ring is 1. The van der Waals surface area contributed by atoms with Crippen molar-refractivity contribution in [3.63, 3.8) is 0 Å². The molecule has 0 spiro atoms. The molecule has 202 valence electrons. The van der Waals surface area contributed by atoms with Crippen LogP contribution in [0.1, 0.15) is 61.3 Å². The lowest BCUT2D eigenvalue weighted by Gasteiger charge is -2.18. The average molecular weight is 515 g/mol. The topological polar surface area (TPSA) is 214 Å². The smallest absolute Gasteiger partial charge is 0.339 e. The zero-order valence-electron chi connectivity index (χ0n) is 20.7. The first-order chi connectivity index (χ1) is 16.7. The van der Waals surface area contributed by atoms with Gasteiger partial charge < -0.3 is 40.5 Å². The maximum atomic E-state index is 12.3. The van der Waals surface area contributed by atoms with E-state index in [2.05, 4.69) is 4.90 Å². The van der Waals surface area contributed by atoms with E-state index in [0.29, 0.717) is 12.2 Å². The maximum Gasteiger partial charge on any atom is 0.339 e. The van der Waals surface area contributed by atoms with Gasteiger partial charge in [-0.1, -0.05) is 13.8 Å². The molecule has 1 aromatic rings. The quantitative estimate of drug-likeness (QED) is 0.184. The fraction of sp³-hybridized carbons (Fsp3) is 0.522. The number of aliphatic hydroxyl groups is 1. The van der Waals surface area contributed by atoms with Gasteiger partial charge in [-0.05, 0) is 45.1 Å². The van der Waals surface area contributed by atoms with Crippen molar-refractivity contribution in [1.82, 2.24) is 4.90 Å². The Morgan fingerprint density at radius 3 is 1.89 bits per heavy atom. The van der Waals surface area contributed by atoms with Crippen molar-refractivity contribution >= 4 is 35.5 Å². The van der Waals surface area contributed by atoms with Crippen molar-refractivity contribution in [3.8, 4) is 0 Å². The molecule has 0 atom stereocenters. The van der Waals surface area contributed by atoms with Crippen LogP contribution in [0.3, 0.4) is 0 Å². The molecular weight excluding hydrogens is 480 g/mol. The summed E-state index contributed by atoms with van der Waals surface area (Å²) < 4.78 is 10.4. The van der Waals surface area contributed by atoms with Gasteiger partial charge in [0.25, 0.3) is 0 Å². The number of carbonyl (C=O) groups is 5. The number of carboxylic acid groups (broad SMARTS) is 3. The average Bonchev–Trinajstić information content (AvgIpc) is 2.75. The summed E-state index contributed by atoms with van der Waals surface area (Å²) >= 11 is 0. The minimum Gasteiger partial charge on any atom is -0.481 e. The number of aliphatic carboxylic acids is 3. The van der Waals surface area contributed by atoms with Crippen LogP contribution in [0.5, 0.6) is 0 Å². The Hall–Kier alpha value is -3.71. The van der Waals surface area contributed by atoms with Crippen LogP contribution in [0.2, 0.25) is 0 Å². The predicted octanol–water partition coefficient (Wildman–Crippen LogP) is 1.08. The fourth-order valence-corrected chi connectivity index (χ4v) is 2.79. The van der Waals surface area contributed by atoms with E-state index < -0.39 is 48.3 Å². The van der Waals surface area contributed by atoms with E-state index in [4.69, 9.17) is 35.6 Å². The lowest BCUT2D eigenvalue weighted by molar-refractivity contribution is -0.170. The Kier molecular flexibility index (Phi) is 13.7. The largest absolute Gasteiger partial charge is 0.481 e. The predicted molar refractivity (Wildman–Crippen MR) is 127 cm³/mol. The highest BCUT2D eigenvalue weighted by molar-refractivity contribution is 6.03. The highest BCUT2D eigenvalue weighted by atomic mass is 16.5. The first-order valence-corrected chi connectivity index (χ1v) is 11.1. The third kappa shape index (κ3) is 11.6. The van der Waals surface area contributed by atoms with Crippen LogP contribution in [0.15, 0.2) is 18.2 Å². The number of carboxylic acids is 3. The van der Waals surface area contributed by atoms with Crippen molar-refractivity contribution in [2.75, 3.05) is 32.0 Å². The lowest BCUT2D eigenvalue weighted by atomic mass is 9.96. The van der Waals surface area contributed by atoms with E-state index in [-0.39, 0.29) is 23.8 Å². The first kappa shape index (κ1) is 32.3. The van der Waals surface area contributed by atoms with Crippen LogP contribution in [0.4, 0.5) is 5.69 Å². The second-order valence-corrected chi connectivity index (χ2v) is 7.90. The molecule has 0 saturated carbocycles. The Morgan fingerprint density at radius 2 is 1.47 bits per heavy atom. The number of rotatable bonds is 13. The third-order valence-corrected chi connectivity index (χ3v) is 4.65. The van der Waals surface area contributed by atoms with Crippen molar-refractivity contribution < 1.29 is 53.9 Å². The van der Waals surface area contributed by atoms with Crippen molar-refractivity contribution in [1.29, 1.82) is 0 Å². The van der Waals surface area contributed by atoms with Crippen LogP contribution < -0.4 is 5.73 Å². The molecule has 0 aromatic heterocycles. The summed E-state index contributed by atoms with van der Waals surface area (Å²) in [5.41, 5.74) is 3.67. The summed E-state index contributed by atoms with van der Waals surface area (Å²) in [4.78, 5) is 57.0. The van der Waals surface area contributed by atoms with Crippen LogP contribution in [0.25, 0.3) is 0 Å². The second-order valence-electron chi connectivity index (χ2n) is 7.90. The Morgan fingerprint density at radius 1 is 0.944 bits per heavy atom. The highest BCUT2D eigenvalue weighted by Gasteiger charge is 2.40. The molecule has 0 aliphatic rings. The van der Waals surface area contributed by atoms with Crippen molar-refractivity contribution in [2.24, 2.45) is 0 Å². The van der Waals surface area contributed by atoms with Gasteiger partial charge in [-0.25, -0.2) is 14.4 Å². The summed E-state index contributed by atoms with van der Waals surface area (Å²) in [6.07, 6.45) is -2.56. The summed E-state index contributed by atoms with van der Waals surface area (Å²) in [6.45, 7) is 10.3. The second kappa shape index (κ2) is 15.3. The van der Waals surface area contributed by atoms with E-state index in [9.17, 15) is 24.0 Å². The van der Waals surface area contributed by atoms with Gasteiger partial charge in [0, 0.05) is 12.2 Å². The number of esters is 2. The summed E-state index contributed by atoms with van der Waals surface area (Å²) in [5, 5.41) is 33.8. The number of nitrogens with two attached hydrogens (primary N) is 1. The number of likely N-dealkylation sites (N-methyl/N-ethyl adjacent to an activating group) is 1. The monoisotopic (exact) mass is 514 g/mol. The van der Waals surface area contributed by atoms with Gasteiger partial charge >= 0.3 is 29.8 Å². The molecule has 0 radical (unpaired) electrons. The Labute approximate surface area is 208 Å². The minimum atomic E-state index is -2.74. The van der Waals surface area contributed by atoms with Crippen molar-refractivity contribution in [3.05, 3.63) is 29.3 Å². The number of hydrogen-bond donors (Lipinski definition) is 5. The van der Waals surface area contributed by atoms with E-state index in [1.807, 2.05) is 13.8 Å². The molecule has 1 aromatic carbocycles. The van der Waals surface area contributed by atoms with Gasteiger partial charge in [-0.3, -0.25) is 9.59 Å². The van der Waals surface area contributed by atoms with Gasteiger partial charge in [-0.15, -0.1) is 0 Å². The molecule has 0 saturated heterocycles. The first-order valence-electron chi connectivity index (χ1n) is 11.1. The molecule has 0 bridgehead atoms. The molecule has 0 heterocycles. The maximum absolute atomic E-state index is 12.3. The lowest BCUT2D eigenvalue weighted by Crippen LogP contribution is -2.42. The van der Waals surface area contributed by atoms with Gasteiger partial charge in [0.1, 0.15) is 6.61 Å². The van der Waals surface area contributed by atoms with Crippen LogP contribution in [-0.2, 0) is 23.9 Å². The molecule has 0 amide bonds. The fourth-order valence-electron chi connectivity index (χ4n) is 2.79. The minimum absolute atomic E-state index is 0.134.